The molecule has 1 N–H and O–H groups in total. The zero-order chi connectivity index (χ0) is 18.3. The highest BCUT2D eigenvalue weighted by Gasteiger charge is 2.19. The summed E-state index contributed by atoms with van der Waals surface area (Å²) in [7, 11) is 3.82. The van der Waals surface area contributed by atoms with Crippen molar-refractivity contribution >= 4 is 43.9 Å². The van der Waals surface area contributed by atoms with E-state index in [4.69, 9.17) is 0 Å². The molecule has 134 valence electrons. The van der Waals surface area contributed by atoms with Crippen LogP contribution in [0, 0.1) is 5.82 Å². The molecule has 1 unspecified atom stereocenters. The number of imidazole rings is 1. The fourth-order valence-electron chi connectivity index (χ4n) is 2.95. The number of halogens is 1. The largest absolute Gasteiger partial charge is 0.349 e. The molecule has 5 nitrogen and oxygen atoms in total. The number of aromatic nitrogens is 2. The average Bonchev–Trinajstić information content (AvgIpc) is 3.26. The third-order valence-electron chi connectivity index (χ3n) is 4.28. The smallest absolute Gasteiger partial charge is 0.261 e. The van der Waals surface area contributed by atoms with Crippen molar-refractivity contribution in [3.05, 3.63) is 58.2 Å². The highest BCUT2D eigenvalue weighted by Crippen LogP contribution is 2.28. The molecule has 0 saturated carbocycles. The molecule has 4 aromatic rings. The number of benzene rings is 1. The molecule has 1 aromatic carbocycles. The minimum Gasteiger partial charge on any atom is -0.349 e. The summed E-state index contributed by atoms with van der Waals surface area (Å²) >= 11 is 2.95. The van der Waals surface area contributed by atoms with E-state index in [1.54, 1.807) is 17.4 Å². The summed E-state index contributed by atoms with van der Waals surface area (Å²) in [5, 5.41) is 4.94. The Kier molecular flexibility index (Phi) is 4.47. The van der Waals surface area contributed by atoms with E-state index in [2.05, 4.69) is 10.3 Å². The van der Waals surface area contributed by atoms with Crippen LogP contribution in [0.25, 0.3) is 15.3 Å². The molecule has 1 amide bonds. The Hall–Kier alpha value is -2.29. The van der Waals surface area contributed by atoms with Gasteiger partial charge in [-0.25, -0.2) is 9.37 Å². The number of rotatable bonds is 5. The Morgan fingerprint density at radius 3 is 3.00 bits per heavy atom. The molecule has 26 heavy (non-hydrogen) atoms. The van der Waals surface area contributed by atoms with E-state index in [0.717, 1.165) is 20.9 Å². The Bertz CT molecular complexity index is 1080. The van der Waals surface area contributed by atoms with E-state index < -0.39 is 0 Å². The zero-order valence-corrected chi connectivity index (χ0v) is 15.9. The number of thiazole rings is 1. The minimum absolute atomic E-state index is 0.107. The number of carbonyl (C=O) groups is 1. The predicted molar refractivity (Wildman–Crippen MR) is 104 cm³/mol. The molecule has 1 atom stereocenters. The molecule has 0 aliphatic rings. The highest BCUT2D eigenvalue weighted by atomic mass is 32.1. The van der Waals surface area contributed by atoms with Gasteiger partial charge in [-0.3, -0.25) is 9.20 Å². The zero-order valence-electron chi connectivity index (χ0n) is 14.3. The first-order chi connectivity index (χ1) is 12.5. The van der Waals surface area contributed by atoms with Gasteiger partial charge in [0.1, 0.15) is 10.6 Å². The highest BCUT2D eigenvalue weighted by molar-refractivity contribution is 7.21. The van der Waals surface area contributed by atoms with E-state index in [1.165, 1.54) is 23.5 Å². The first-order valence-corrected chi connectivity index (χ1v) is 9.78. The Labute approximate surface area is 157 Å². The summed E-state index contributed by atoms with van der Waals surface area (Å²) < 4.78 is 15.5. The number of fused-ring (bicyclic) bond motifs is 3. The minimum atomic E-state index is -0.277. The van der Waals surface area contributed by atoms with Crippen LogP contribution in [0.1, 0.15) is 21.3 Å². The number of carbonyl (C=O) groups excluding carboxylic acids is 1. The second-order valence-electron chi connectivity index (χ2n) is 6.21. The molecule has 0 saturated heterocycles. The van der Waals surface area contributed by atoms with E-state index in [-0.39, 0.29) is 17.8 Å². The molecule has 0 aliphatic carbocycles. The number of amides is 1. The molecule has 0 aliphatic heterocycles. The number of hydrogen-bond donors (Lipinski definition) is 1. The monoisotopic (exact) mass is 388 g/mol. The predicted octanol–water partition coefficient (Wildman–Crippen LogP) is 3.78. The molecule has 0 fully saturated rings. The average molecular weight is 388 g/mol. The summed E-state index contributed by atoms with van der Waals surface area (Å²) in [4.78, 5) is 21.5. The summed E-state index contributed by atoms with van der Waals surface area (Å²) in [5.74, 6) is -0.416. The van der Waals surface area contributed by atoms with Gasteiger partial charge < -0.3 is 10.2 Å². The van der Waals surface area contributed by atoms with Crippen molar-refractivity contribution in [3.8, 4) is 0 Å². The summed E-state index contributed by atoms with van der Waals surface area (Å²) in [6, 6.07) is 8.24. The van der Waals surface area contributed by atoms with Crippen LogP contribution >= 0.6 is 22.7 Å². The van der Waals surface area contributed by atoms with Gasteiger partial charge in [0.25, 0.3) is 5.91 Å². The van der Waals surface area contributed by atoms with Crippen LogP contribution in [-0.4, -0.2) is 40.8 Å². The van der Waals surface area contributed by atoms with E-state index in [1.807, 2.05) is 47.1 Å². The van der Waals surface area contributed by atoms with Gasteiger partial charge in [-0.1, -0.05) is 12.1 Å². The van der Waals surface area contributed by atoms with Crippen LogP contribution in [0.3, 0.4) is 0 Å². The topological polar surface area (TPSA) is 49.6 Å². The van der Waals surface area contributed by atoms with Gasteiger partial charge >= 0.3 is 0 Å². The summed E-state index contributed by atoms with van der Waals surface area (Å²) in [5.41, 5.74) is 1.78. The van der Waals surface area contributed by atoms with Crippen molar-refractivity contribution < 1.29 is 9.18 Å². The molecule has 0 bridgehead atoms. The lowest BCUT2D eigenvalue weighted by atomic mass is 10.1. The molecule has 3 aromatic heterocycles. The molecule has 3 heterocycles. The van der Waals surface area contributed by atoms with Crippen LogP contribution in [-0.2, 0) is 0 Å². The van der Waals surface area contributed by atoms with Gasteiger partial charge in [-0.05, 0) is 37.9 Å². The number of thiophene rings is 1. The van der Waals surface area contributed by atoms with E-state index in [9.17, 15) is 9.18 Å². The van der Waals surface area contributed by atoms with Crippen molar-refractivity contribution in [1.29, 1.82) is 0 Å². The molecular formula is C18H17FN4OS2. The molecular weight excluding hydrogens is 371 g/mol. The van der Waals surface area contributed by atoms with Gasteiger partial charge in [0, 0.05) is 18.1 Å². The van der Waals surface area contributed by atoms with Crippen molar-refractivity contribution in [2.24, 2.45) is 0 Å². The number of hydrogen-bond acceptors (Lipinski definition) is 5. The lowest BCUT2D eigenvalue weighted by Crippen LogP contribution is -2.34. The van der Waals surface area contributed by atoms with Gasteiger partial charge in [0.15, 0.2) is 4.96 Å². The molecule has 0 radical (unpaired) electrons. The van der Waals surface area contributed by atoms with Crippen LogP contribution in [0.15, 0.2) is 41.9 Å². The Morgan fingerprint density at radius 2 is 2.23 bits per heavy atom. The van der Waals surface area contributed by atoms with E-state index >= 15 is 0 Å². The van der Waals surface area contributed by atoms with Crippen LogP contribution in [0.2, 0.25) is 0 Å². The number of nitrogens with one attached hydrogen (secondary N) is 1. The standard InChI is InChI=1S/C18H17FN4OS2/c1-22(2)14(11-4-3-5-12(19)8-11)10-20-16(24)15-9-13-17(26-15)21-18-23(13)6-7-25-18/h3-9,14H,10H2,1-2H3,(H,20,24). The maximum absolute atomic E-state index is 13.5. The maximum atomic E-state index is 13.5. The summed E-state index contributed by atoms with van der Waals surface area (Å²) in [6.07, 6.45) is 1.95. The number of nitrogens with zero attached hydrogens (tertiary/aromatic N) is 3. The SMILES string of the molecule is CN(C)C(CNC(=O)c1cc2c(nc3sccn32)s1)c1cccc(F)c1. The van der Waals surface area contributed by atoms with Gasteiger partial charge in [-0.15, -0.1) is 22.7 Å². The van der Waals surface area contributed by atoms with Crippen molar-refractivity contribution in [2.75, 3.05) is 20.6 Å². The fraction of sp³-hybridized carbons (Fsp3) is 0.222. The van der Waals surface area contributed by atoms with Crippen LogP contribution < -0.4 is 5.32 Å². The second-order valence-corrected chi connectivity index (χ2v) is 8.12. The fourth-order valence-corrected chi connectivity index (χ4v) is 4.66. The summed E-state index contributed by atoms with van der Waals surface area (Å²) in [6.45, 7) is 0.395. The normalized spacial score (nSPS) is 12.9. The van der Waals surface area contributed by atoms with Crippen molar-refractivity contribution in [1.82, 2.24) is 19.6 Å². The van der Waals surface area contributed by atoms with Crippen molar-refractivity contribution in [2.45, 2.75) is 6.04 Å². The third-order valence-corrected chi connectivity index (χ3v) is 6.05. The lowest BCUT2D eigenvalue weighted by molar-refractivity contribution is 0.0946. The Morgan fingerprint density at radius 1 is 1.38 bits per heavy atom. The van der Waals surface area contributed by atoms with Crippen LogP contribution in [0.5, 0.6) is 0 Å². The quantitative estimate of drug-likeness (QED) is 0.566. The molecule has 8 heteroatoms. The van der Waals surface area contributed by atoms with Gasteiger partial charge in [-0.2, -0.15) is 0 Å². The van der Waals surface area contributed by atoms with Gasteiger partial charge in [0.05, 0.1) is 16.4 Å². The second kappa shape index (κ2) is 6.79. The van der Waals surface area contributed by atoms with E-state index in [0.29, 0.717) is 11.4 Å². The first-order valence-electron chi connectivity index (χ1n) is 8.08. The third kappa shape index (κ3) is 3.11. The van der Waals surface area contributed by atoms with Crippen molar-refractivity contribution in [3.63, 3.8) is 0 Å². The maximum Gasteiger partial charge on any atom is 0.261 e. The lowest BCUT2D eigenvalue weighted by Gasteiger charge is -2.25. The number of likely N-dealkylation sites (N-methyl/N-ethyl adjacent to an activating group) is 1. The molecule has 0 spiro atoms. The Balaban J connectivity index is 1.52. The van der Waals surface area contributed by atoms with Gasteiger partial charge in [0.2, 0.25) is 0 Å². The first kappa shape index (κ1) is 17.1. The molecule has 4 rings (SSSR count). The van der Waals surface area contributed by atoms with Crippen LogP contribution in [0.4, 0.5) is 4.39 Å².